The van der Waals surface area contributed by atoms with Gasteiger partial charge in [-0.1, -0.05) is 33.8 Å². The molecular formula is C11H21N. The summed E-state index contributed by atoms with van der Waals surface area (Å²) in [5, 5.41) is 0. The molecule has 1 aromatic heterocycles. The number of pyridine rings is 1. The van der Waals surface area contributed by atoms with Crippen LogP contribution in [0.4, 0.5) is 0 Å². The average molecular weight is 167 g/mol. The lowest BCUT2D eigenvalue weighted by Gasteiger charge is -1.90. The van der Waals surface area contributed by atoms with Crippen molar-refractivity contribution in [2.24, 2.45) is 0 Å². The Morgan fingerprint density at radius 1 is 0.833 bits per heavy atom. The van der Waals surface area contributed by atoms with Crippen LogP contribution in [0.1, 0.15) is 39.1 Å². The summed E-state index contributed by atoms with van der Waals surface area (Å²) in [7, 11) is 0. The van der Waals surface area contributed by atoms with Gasteiger partial charge in [-0.15, -0.1) is 0 Å². The monoisotopic (exact) mass is 167 g/mol. The smallest absolute Gasteiger partial charge is 0.0375 e. The summed E-state index contributed by atoms with van der Waals surface area (Å²) in [6, 6.07) is 6.00. The molecule has 0 aliphatic rings. The number of aromatic nitrogens is 1. The van der Waals surface area contributed by atoms with Crippen LogP contribution in [0.25, 0.3) is 0 Å². The summed E-state index contributed by atoms with van der Waals surface area (Å²) >= 11 is 0. The SMILES string of the molecule is CC.CC.Cc1cccc(C)n1. The number of rotatable bonds is 0. The minimum absolute atomic E-state index is 1.09. The standard InChI is InChI=1S/C7H9N.2C2H6/c1-6-4-3-5-7(2)8-6;2*1-2/h3-5H,1-2H3;2*1-2H3. The van der Waals surface area contributed by atoms with E-state index in [-0.39, 0.29) is 0 Å². The van der Waals surface area contributed by atoms with Crippen molar-refractivity contribution >= 4 is 0 Å². The molecule has 1 aromatic rings. The van der Waals surface area contributed by atoms with Crippen LogP contribution in [0.3, 0.4) is 0 Å². The largest absolute Gasteiger partial charge is 0.258 e. The van der Waals surface area contributed by atoms with Gasteiger partial charge in [0, 0.05) is 11.4 Å². The van der Waals surface area contributed by atoms with Crippen molar-refractivity contribution in [2.75, 3.05) is 0 Å². The first kappa shape index (κ1) is 13.7. The highest BCUT2D eigenvalue weighted by atomic mass is 14.7. The van der Waals surface area contributed by atoms with Crippen LogP contribution in [0, 0.1) is 13.8 Å². The topological polar surface area (TPSA) is 12.9 Å². The van der Waals surface area contributed by atoms with Crippen LogP contribution in [0.15, 0.2) is 18.2 Å². The molecule has 1 heterocycles. The molecule has 0 amide bonds. The van der Waals surface area contributed by atoms with Gasteiger partial charge in [0.2, 0.25) is 0 Å². The Bertz CT molecular complexity index is 165. The zero-order valence-electron chi connectivity index (χ0n) is 9.18. The average Bonchev–Trinajstić information content (AvgIpc) is 2.11. The van der Waals surface area contributed by atoms with Crippen LogP contribution >= 0.6 is 0 Å². The molecule has 1 nitrogen and oxygen atoms in total. The second kappa shape index (κ2) is 10.2. The Kier molecular flexibility index (Phi) is 11.6. The molecule has 0 atom stereocenters. The third kappa shape index (κ3) is 7.26. The van der Waals surface area contributed by atoms with E-state index in [2.05, 4.69) is 4.98 Å². The maximum atomic E-state index is 4.17. The van der Waals surface area contributed by atoms with E-state index in [9.17, 15) is 0 Å². The van der Waals surface area contributed by atoms with Crippen molar-refractivity contribution in [2.45, 2.75) is 41.5 Å². The number of hydrogen-bond donors (Lipinski definition) is 0. The van der Waals surface area contributed by atoms with E-state index >= 15 is 0 Å². The van der Waals surface area contributed by atoms with Crippen LogP contribution in [0.5, 0.6) is 0 Å². The van der Waals surface area contributed by atoms with E-state index in [4.69, 9.17) is 0 Å². The fourth-order valence-electron chi connectivity index (χ4n) is 0.679. The molecule has 0 saturated carbocycles. The van der Waals surface area contributed by atoms with Crippen LogP contribution in [-0.4, -0.2) is 4.98 Å². The van der Waals surface area contributed by atoms with Gasteiger partial charge in [0.25, 0.3) is 0 Å². The summed E-state index contributed by atoms with van der Waals surface area (Å²) in [5.74, 6) is 0. The molecule has 0 fully saturated rings. The first-order valence-electron chi connectivity index (χ1n) is 4.69. The zero-order valence-corrected chi connectivity index (χ0v) is 9.18. The van der Waals surface area contributed by atoms with Crippen molar-refractivity contribution in [3.63, 3.8) is 0 Å². The number of nitrogens with zero attached hydrogens (tertiary/aromatic N) is 1. The molecule has 0 N–H and O–H groups in total. The lowest BCUT2D eigenvalue weighted by Crippen LogP contribution is -1.81. The Balaban J connectivity index is 0. The maximum Gasteiger partial charge on any atom is 0.0375 e. The van der Waals surface area contributed by atoms with Gasteiger partial charge in [0.05, 0.1) is 0 Å². The van der Waals surface area contributed by atoms with Crippen molar-refractivity contribution in [1.82, 2.24) is 4.98 Å². The van der Waals surface area contributed by atoms with Gasteiger partial charge in [-0.05, 0) is 26.0 Å². The molecule has 12 heavy (non-hydrogen) atoms. The molecular weight excluding hydrogens is 146 g/mol. The quantitative estimate of drug-likeness (QED) is 0.573. The fraction of sp³-hybridized carbons (Fsp3) is 0.545. The maximum absolute atomic E-state index is 4.17. The van der Waals surface area contributed by atoms with Gasteiger partial charge in [0.15, 0.2) is 0 Å². The molecule has 1 rings (SSSR count). The van der Waals surface area contributed by atoms with Gasteiger partial charge in [-0.2, -0.15) is 0 Å². The molecule has 0 bridgehead atoms. The lowest BCUT2D eigenvalue weighted by molar-refractivity contribution is 1.12. The molecule has 0 radical (unpaired) electrons. The van der Waals surface area contributed by atoms with E-state index in [1.165, 1.54) is 0 Å². The van der Waals surface area contributed by atoms with E-state index in [1.807, 2.05) is 59.7 Å². The molecule has 1 heteroatoms. The number of hydrogen-bond acceptors (Lipinski definition) is 1. The minimum atomic E-state index is 1.09. The van der Waals surface area contributed by atoms with Crippen LogP contribution in [-0.2, 0) is 0 Å². The first-order valence-corrected chi connectivity index (χ1v) is 4.69. The highest BCUT2D eigenvalue weighted by Crippen LogP contribution is 1.93. The molecule has 0 aliphatic carbocycles. The fourth-order valence-corrected chi connectivity index (χ4v) is 0.679. The van der Waals surface area contributed by atoms with Crippen molar-refractivity contribution in [3.05, 3.63) is 29.6 Å². The minimum Gasteiger partial charge on any atom is -0.258 e. The van der Waals surface area contributed by atoms with Crippen LogP contribution < -0.4 is 0 Å². The first-order chi connectivity index (χ1) is 5.79. The molecule has 70 valence electrons. The van der Waals surface area contributed by atoms with Crippen molar-refractivity contribution < 1.29 is 0 Å². The van der Waals surface area contributed by atoms with Gasteiger partial charge in [-0.25, -0.2) is 0 Å². The summed E-state index contributed by atoms with van der Waals surface area (Å²) < 4.78 is 0. The third-order valence-corrected chi connectivity index (χ3v) is 1.03. The normalized spacial score (nSPS) is 7.17. The Labute approximate surface area is 76.9 Å². The third-order valence-electron chi connectivity index (χ3n) is 1.03. The van der Waals surface area contributed by atoms with Gasteiger partial charge in [0.1, 0.15) is 0 Å². The van der Waals surface area contributed by atoms with E-state index < -0.39 is 0 Å². The predicted octanol–water partition coefficient (Wildman–Crippen LogP) is 3.75. The van der Waals surface area contributed by atoms with Gasteiger partial charge < -0.3 is 0 Å². The molecule has 0 aromatic carbocycles. The predicted molar refractivity (Wildman–Crippen MR) is 56.4 cm³/mol. The Hall–Kier alpha value is -0.850. The molecule has 0 aliphatic heterocycles. The van der Waals surface area contributed by atoms with E-state index in [0.717, 1.165) is 11.4 Å². The molecule has 0 saturated heterocycles. The van der Waals surface area contributed by atoms with Crippen LogP contribution in [0.2, 0.25) is 0 Å². The molecule has 0 spiro atoms. The van der Waals surface area contributed by atoms with Crippen molar-refractivity contribution in [3.8, 4) is 0 Å². The zero-order chi connectivity index (χ0) is 9.98. The Morgan fingerprint density at radius 2 is 1.17 bits per heavy atom. The van der Waals surface area contributed by atoms with Gasteiger partial charge >= 0.3 is 0 Å². The molecule has 0 unspecified atom stereocenters. The second-order valence-electron chi connectivity index (χ2n) is 1.92. The van der Waals surface area contributed by atoms with E-state index in [0.29, 0.717) is 0 Å². The van der Waals surface area contributed by atoms with Crippen molar-refractivity contribution in [1.29, 1.82) is 0 Å². The summed E-state index contributed by atoms with van der Waals surface area (Å²) in [4.78, 5) is 4.17. The number of aryl methyl sites for hydroxylation is 2. The van der Waals surface area contributed by atoms with E-state index in [1.54, 1.807) is 0 Å². The Morgan fingerprint density at radius 3 is 1.33 bits per heavy atom. The summed E-state index contributed by atoms with van der Waals surface area (Å²) in [6.45, 7) is 12.0. The highest BCUT2D eigenvalue weighted by molar-refractivity contribution is 5.07. The lowest BCUT2D eigenvalue weighted by atomic mass is 10.3. The summed E-state index contributed by atoms with van der Waals surface area (Å²) in [6.07, 6.45) is 0. The second-order valence-corrected chi connectivity index (χ2v) is 1.92. The highest BCUT2D eigenvalue weighted by Gasteiger charge is 1.82. The van der Waals surface area contributed by atoms with Gasteiger partial charge in [-0.3, -0.25) is 4.98 Å². The summed E-state index contributed by atoms with van der Waals surface area (Å²) in [5.41, 5.74) is 2.18.